The van der Waals surface area contributed by atoms with Crippen LogP contribution in [0.25, 0.3) is 0 Å². The summed E-state index contributed by atoms with van der Waals surface area (Å²) in [5.74, 6) is -1.60. The molecule has 0 saturated heterocycles. The number of rotatable bonds is 4. The number of aryl methyl sites for hydroxylation is 1. The van der Waals surface area contributed by atoms with E-state index >= 15 is 0 Å². The lowest BCUT2D eigenvalue weighted by molar-refractivity contribution is 0.0698. The van der Waals surface area contributed by atoms with Crippen molar-refractivity contribution in [3.8, 4) is 6.07 Å². The summed E-state index contributed by atoms with van der Waals surface area (Å²) in [5, 5.41) is 28.6. The molecule has 1 rings (SSSR count). The third kappa shape index (κ3) is 3.07. The van der Waals surface area contributed by atoms with Crippen LogP contribution in [0.5, 0.6) is 0 Å². The van der Waals surface area contributed by atoms with Gasteiger partial charge in [-0.3, -0.25) is 10.8 Å². The number of anilines is 1. The summed E-state index contributed by atoms with van der Waals surface area (Å²) >= 11 is 0. The molecule has 19 heavy (non-hydrogen) atoms. The van der Waals surface area contributed by atoms with E-state index in [0.29, 0.717) is 5.56 Å². The Bertz CT molecular complexity index is 613. The van der Waals surface area contributed by atoms with Crippen molar-refractivity contribution < 1.29 is 9.90 Å². The molecule has 0 fully saturated rings. The molecule has 0 unspecified atom stereocenters. The van der Waals surface area contributed by atoms with E-state index in [0.717, 1.165) is 5.56 Å². The fraction of sp³-hybridized carbons (Fsp3) is 0.167. The SMILES string of the molecule is Cc1ccc(C(=O)O)c(N/N=C(\C#N)C(=N)N)c1C. The highest BCUT2D eigenvalue weighted by atomic mass is 16.4. The maximum absolute atomic E-state index is 11.1. The van der Waals surface area contributed by atoms with E-state index < -0.39 is 11.8 Å². The molecule has 1 aromatic carbocycles. The summed E-state index contributed by atoms with van der Waals surface area (Å²) in [7, 11) is 0. The Morgan fingerprint density at radius 1 is 1.53 bits per heavy atom. The minimum absolute atomic E-state index is 0.0349. The number of carbonyl (C=O) groups is 1. The molecule has 0 spiro atoms. The van der Waals surface area contributed by atoms with Crippen LogP contribution >= 0.6 is 0 Å². The molecule has 0 heterocycles. The van der Waals surface area contributed by atoms with Gasteiger partial charge in [-0.1, -0.05) is 6.07 Å². The minimum atomic E-state index is -1.11. The summed E-state index contributed by atoms with van der Waals surface area (Å²) in [4.78, 5) is 11.1. The zero-order valence-corrected chi connectivity index (χ0v) is 10.5. The van der Waals surface area contributed by atoms with Crippen molar-refractivity contribution in [2.45, 2.75) is 13.8 Å². The maximum Gasteiger partial charge on any atom is 0.337 e. The van der Waals surface area contributed by atoms with Crippen LogP contribution in [0, 0.1) is 30.6 Å². The predicted octanol–water partition coefficient (Wildman–Crippen LogP) is 1.23. The Morgan fingerprint density at radius 3 is 2.63 bits per heavy atom. The number of nitrogens with zero attached hydrogens (tertiary/aromatic N) is 2. The van der Waals surface area contributed by atoms with Crippen molar-refractivity contribution in [2.75, 3.05) is 5.43 Å². The second kappa shape index (κ2) is 5.64. The Hall–Kier alpha value is -2.88. The van der Waals surface area contributed by atoms with E-state index in [9.17, 15) is 4.79 Å². The van der Waals surface area contributed by atoms with E-state index in [2.05, 4.69) is 10.5 Å². The van der Waals surface area contributed by atoms with E-state index in [1.165, 1.54) is 6.07 Å². The van der Waals surface area contributed by atoms with E-state index in [-0.39, 0.29) is 17.0 Å². The smallest absolute Gasteiger partial charge is 0.337 e. The van der Waals surface area contributed by atoms with E-state index in [4.69, 9.17) is 21.5 Å². The number of hydrogen-bond donors (Lipinski definition) is 4. The Kier molecular flexibility index (Phi) is 4.21. The van der Waals surface area contributed by atoms with E-state index in [1.54, 1.807) is 19.1 Å². The monoisotopic (exact) mass is 259 g/mol. The summed E-state index contributed by atoms with van der Waals surface area (Å²) in [5.41, 5.74) is 9.23. The molecule has 5 N–H and O–H groups in total. The zero-order chi connectivity index (χ0) is 14.6. The van der Waals surface area contributed by atoms with Crippen LogP contribution < -0.4 is 11.2 Å². The topological polar surface area (TPSA) is 135 Å². The van der Waals surface area contributed by atoms with Gasteiger partial charge in [0.15, 0.2) is 5.84 Å². The van der Waals surface area contributed by atoms with Crippen molar-refractivity contribution in [3.63, 3.8) is 0 Å². The lowest BCUT2D eigenvalue weighted by atomic mass is 10.0. The molecule has 1 aromatic rings. The summed E-state index contributed by atoms with van der Waals surface area (Å²) in [6.45, 7) is 3.56. The zero-order valence-electron chi connectivity index (χ0n) is 10.5. The first-order valence-corrected chi connectivity index (χ1v) is 5.30. The first kappa shape index (κ1) is 14.2. The van der Waals surface area contributed by atoms with Crippen molar-refractivity contribution in [1.29, 1.82) is 10.7 Å². The number of hydrogen-bond acceptors (Lipinski definition) is 5. The molecule has 98 valence electrons. The third-order valence-electron chi connectivity index (χ3n) is 2.61. The molecular weight excluding hydrogens is 246 g/mol. The molecule has 7 heteroatoms. The lowest BCUT2D eigenvalue weighted by Gasteiger charge is -2.11. The third-order valence-corrected chi connectivity index (χ3v) is 2.61. The predicted molar refractivity (Wildman–Crippen MR) is 71.5 cm³/mol. The molecule has 0 aliphatic carbocycles. The highest BCUT2D eigenvalue weighted by Crippen LogP contribution is 2.24. The van der Waals surface area contributed by atoms with Crippen molar-refractivity contribution in [3.05, 3.63) is 28.8 Å². The van der Waals surface area contributed by atoms with Crippen LogP contribution in [0.2, 0.25) is 0 Å². The average Bonchev–Trinajstić information content (AvgIpc) is 2.34. The first-order chi connectivity index (χ1) is 8.88. The van der Waals surface area contributed by atoms with Gasteiger partial charge in [0.25, 0.3) is 0 Å². The number of benzene rings is 1. The number of carboxylic acid groups (broad SMARTS) is 1. The van der Waals surface area contributed by atoms with Gasteiger partial charge in [0, 0.05) is 0 Å². The summed E-state index contributed by atoms with van der Waals surface area (Å²) in [6, 6.07) is 4.78. The van der Waals surface area contributed by atoms with Crippen LogP contribution in [0.3, 0.4) is 0 Å². The van der Waals surface area contributed by atoms with Crippen molar-refractivity contribution in [1.82, 2.24) is 0 Å². The number of carboxylic acids is 1. The second-order valence-corrected chi connectivity index (χ2v) is 3.83. The molecular formula is C12H13N5O2. The Labute approximate surface area is 109 Å². The van der Waals surface area contributed by atoms with Crippen LogP contribution in [-0.2, 0) is 0 Å². The fourth-order valence-electron chi connectivity index (χ4n) is 1.40. The molecule has 0 saturated carbocycles. The Balaban J connectivity index is 3.28. The summed E-state index contributed by atoms with van der Waals surface area (Å²) in [6.07, 6.45) is 0. The van der Waals surface area contributed by atoms with Crippen LogP contribution in [0.15, 0.2) is 17.2 Å². The molecule has 0 radical (unpaired) electrons. The van der Waals surface area contributed by atoms with Crippen molar-refractivity contribution >= 4 is 23.2 Å². The van der Waals surface area contributed by atoms with Gasteiger partial charge in [-0.2, -0.15) is 10.4 Å². The fourth-order valence-corrected chi connectivity index (χ4v) is 1.40. The van der Waals surface area contributed by atoms with Gasteiger partial charge in [-0.25, -0.2) is 4.79 Å². The minimum Gasteiger partial charge on any atom is -0.478 e. The number of nitrogens with two attached hydrogens (primary N) is 1. The number of nitriles is 1. The standard InChI is InChI=1S/C12H13N5O2/c1-6-3-4-8(12(18)19)10(7(6)2)17-16-9(5-13)11(14)15/h3-4,17H,1-2H3,(H3,14,15)(H,18,19)/b16-9+. The quantitative estimate of drug-likeness (QED) is 0.366. The molecule has 0 bridgehead atoms. The van der Waals surface area contributed by atoms with Gasteiger partial charge in [-0.05, 0) is 31.0 Å². The van der Waals surface area contributed by atoms with Gasteiger partial charge in [0.2, 0.25) is 5.71 Å². The van der Waals surface area contributed by atoms with E-state index in [1.807, 2.05) is 6.92 Å². The number of hydrazone groups is 1. The van der Waals surface area contributed by atoms with Gasteiger partial charge in [-0.15, -0.1) is 0 Å². The molecule has 7 nitrogen and oxygen atoms in total. The molecule has 0 atom stereocenters. The van der Waals surface area contributed by atoms with Gasteiger partial charge >= 0.3 is 5.97 Å². The van der Waals surface area contributed by atoms with Gasteiger partial charge in [0.1, 0.15) is 6.07 Å². The maximum atomic E-state index is 11.1. The Morgan fingerprint density at radius 2 is 2.16 bits per heavy atom. The van der Waals surface area contributed by atoms with Crippen LogP contribution in [0.4, 0.5) is 5.69 Å². The average molecular weight is 259 g/mol. The van der Waals surface area contributed by atoms with Crippen LogP contribution in [0.1, 0.15) is 21.5 Å². The largest absolute Gasteiger partial charge is 0.478 e. The number of aromatic carboxylic acids is 1. The van der Waals surface area contributed by atoms with Gasteiger partial charge < -0.3 is 10.8 Å². The molecule has 0 aliphatic rings. The van der Waals surface area contributed by atoms with Crippen molar-refractivity contribution in [2.24, 2.45) is 10.8 Å². The number of nitrogens with one attached hydrogen (secondary N) is 2. The first-order valence-electron chi connectivity index (χ1n) is 5.30. The normalized spacial score (nSPS) is 10.7. The summed E-state index contributed by atoms with van der Waals surface area (Å²) < 4.78 is 0. The highest BCUT2D eigenvalue weighted by Gasteiger charge is 2.14. The lowest BCUT2D eigenvalue weighted by Crippen LogP contribution is -2.22. The highest BCUT2D eigenvalue weighted by molar-refractivity contribution is 6.45. The van der Waals surface area contributed by atoms with Gasteiger partial charge in [0.05, 0.1) is 11.3 Å². The number of amidine groups is 1. The van der Waals surface area contributed by atoms with Crippen LogP contribution in [-0.4, -0.2) is 22.6 Å². The molecule has 0 aliphatic heterocycles. The second-order valence-electron chi connectivity index (χ2n) is 3.83. The molecule has 0 aromatic heterocycles. The molecule has 0 amide bonds.